The summed E-state index contributed by atoms with van der Waals surface area (Å²) in [7, 11) is 4.08. The smallest absolute Gasteiger partial charge is 0.0849 e. The van der Waals surface area contributed by atoms with Crippen LogP contribution in [-0.4, -0.2) is 23.4 Å². The van der Waals surface area contributed by atoms with Gasteiger partial charge in [-0.1, -0.05) is 31.9 Å². The van der Waals surface area contributed by atoms with E-state index >= 15 is 0 Å². The average molecular weight is 298 g/mol. The van der Waals surface area contributed by atoms with Crippen molar-refractivity contribution in [1.29, 1.82) is 0 Å². The molecule has 20 heavy (non-hydrogen) atoms. The molecule has 1 fully saturated rings. The first-order valence-corrected chi connectivity index (χ1v) is 8.29. The summed E-state index contributed by atoms with van der Waals surface area (Å²) < 4.78 is 2.00. The Bertz CT molecular complexity index is 441. The minimum Gasteiger partial charge on any atom is -0.319 e. The standard InChI is InChI=1S/C16H28ClN3/c1-5-14-16(17)15(20(4)19-14)9-13-8-11(2)6-7-12(13)10-18-3/h11-13,18H,5-10H2,1-4H3. The van der Waals surface area contributed by atoms with Crippen molar-refractivity contribution in [2.45, 2.75) is 46.0 Å². The number of aromatic nitrogens is 2. The van der Waals surface area contributed by atoms with Crippen molar-refractivity contribution < 1.29 is 0 Å². The molecular formula is C16H28ClN3. The lowest BCUT2D eigenvalue weighted by atomic mass is 9.72. The Kier molecular flexibility index (Phi) is 5.50. The molecule has 114 valence electrons. The zero-order valence-corrected chi connectivity index (χ0v) is 14.0. The lowest BCUT2D eigenvalue weighted by Crippen LogP contribution is -2.32. The van der Waals surface area contributed by atoms with E-state index in [0.29, 0.717) is 0 Å². The number of nitrogens with one attached hydrogen (secondary N) is 1. The van der Waals surface area contributed by atoms with Crippen molar-refractivity contribution in [1.82, 2.24) is 15.1 Å². The second kappa shape index (κ2) is 6.95. The lowest BCUT2D eigenvalue weighted by molar-refractivity contribution is 0.184. The van der Waals surface area contributed by atoms with Crippen LogP contribution in [0.3, 0.4) is 0 Å². The van der Waals surface area contributed by atoms with Crippen molar-refractivity contribution in [3.8, 4) is 0 Å². The topological polar surface area (TPSA) is 29.9 Å². The van der Waals surface area contributed by atoms with Crippen molar-refractivity contribution in [2.24, 2.45) is 24.8 Å². The van der Waals surface area contributed by atoms with Crippen LogP contribution in [-0.2, 0) is 19.9 Å². The van der Waals surface area contributed by atoms with Crippen LogP contribution < -0.4 is 5.32 Å². The van der Waals surface area contributed by atoms with Gasteiger partial charge >= 0.3 is 0 Å². The van der Waals surface area contributed by atoms with Gasteiger partial charge in [-0.15, -0.1) is 0 Å². The molecule has 0 aromatic carbocycles. The van der Waals surface area contributed by atoms with Gasteiger partial charge in [-0.2, -0.15) is 5.10 Å². The average Bonchev–Trinajstić information content (AvgIpc) is 2.69. The molecule has 0 radical (unpaired) electrons. The molecule has 4 heteroatoms. The van der Waals surface area contributed by atoms with E-state index in [0.717, 1.165) is 47.9 Å². The second-order valence-corrected chi connectivity index (χ2v) is 6.76. The number of halogens is 1. The molecular weight excluding hydrogens is 270 g/mol. The minimum absolute atomic E-state index is 0.726. The number of aryl methyl sites for hydroxylation is 2. The van der Waals surface area contributed by atoms with E-state index < -0.39 is 0 Å². The quantitative estimate of drug-likeness (QED) is 0.902. The van der Waals surface area contributed by atoms with E-state index in [9.17, 15) is 0 Å². The molecule has 0 aliphatic heterocycles. The molecule has 0 amide bonds. The molecule has 1 heterocycles. The Hall–Kier alpha value is -0.540. The molecule has 0 spiro atoms. The van der Waals surface area contributed by atoms with Gasteiger partial charge in [0, 0.05) is 7.05 Å². The van der Waals surface area contributed by atoms with Crippen LogP contribution in [0.1, 0.15) is 44.5 Å². The first kappa shape index (κ1) is 15.8. The number of nitrogens with zero attached hydrogens (tertiary/aromatic N) is 2. The first-order valence-electron chi connectivity index (χ1n) is 7.91. The highest BCUT2D eigenvalue weighted by Crippen LogP contribution is 2.37. The van der Waals surface area contributed by atoms with Gasteiger partial charge in [0.1, 0.15) is 0 Å². The molecule has 3 atom stereocenters. The molecule has 3 unspecified atom stereocenters. The van der Waals surface area contributed by atoms with Crippen LogP contribution in [0.4, 0.5) is 0 Å². The van der Waals surface area contributed by atoms with Crippen LogP contribution in [0.25, 0.3) is 0 Å². The summed E-state index contributed by atoms with van der Waals surface area (Å²) in [5, 5.41) is 8.81. The van der Waals surface area contributed by atoms with E-state index in [1.807, 2.05) is 11.7 Å². The Labute approximate surface area is 128 Å². The summed E-state index contributed by atoms with van der Waals surface area (Å²) >= 11 is 6.51. The monoisotopic (exact) mass is 297 g/mol. The number of hydrogen-bond donors (Lipinski definition) is 1. The summed E-state index contributed by atoms with van der Waals surface area (Å²) in [6.07, 6.45) is 5.99. The van der Waals surface area contributed by atoms with Gasteiger partial charge in [-0.3, -0.25) is 4.68 Å². The molecule has 1 aliphatic rings. The van der Waals surface area contributed by atoms with Gasteiger partial charge in [0.25, 0.3) is 0 Å². The third kappa shape index (κ3) is 3.37. The highest BCUT2D eigenvalue weighted by molar-refractivity contribution is 6.31. The Morgan fingerprint density at radius 3 is 2.70 bits per heavy atom. The third-order valence-corrected chi connectivity index (χ3v) is 5.26. The van der Waals surface area contributed by atoms with Crippen LogP contribution in [0.15, 0.2) is 0 Å². The van der Waals surface area contributed by atoms with Crippen LogP contribution in [0, 0.1) is 17.8 Å². The molecule has 1 aliphatic carbocycles. The fraction of sp³-hybridized carbons (Fsp3) is 0.812. The summed E-state index contributed by atoms with van der Waals surface area (Å²) in [4.78, 5) is 0. The maximum absolute atomic E-state index is 6.51. The van der Waals surface area contributed by atoms with Gasteiger partial charge in [-0.25, -0.2) is 0 Å². The zero-order chi connectivity index (χ0) is 14.7. The highest BCUT2D eigenvalue weighted by Gasteiger charge is 2.30. The molecule has 1 saturated carbocycles. The maximum Gasteiger partial charge on any atom is 0.0849 e. The van der Waals surface area contributed by atoms with E-state index in [-0.39, 0.29) is 0 Å². The van der Waals surface area contributed by atoms with E-state index in [1.54, 1.807) is 0 Å². The van der Waals surface area contributed by atoms with E-state index in [1.165, 1.54) is 25.0 Å². The SMILES string of the molecule is CCc1nn(C)c(CC2CC(C)CCC2CNC)c1Cl. The van der Waals surface area contributed by atoms with Crippen molar-refractivity contribution in [3.05, 3.63) is 16.4 Å². The second-order valence-electron chi connectivity index (χ2n) is 6.38. The molecule has 0 bridgehead atoms. The van der Waals surface area contributed by atoms with Crippen molar-refractivity contribution in [3.63, 3.8) is 0 Å². The predicted molar refractivity (Wildman–Crippen MR) is 85.2 cm³/mol. The number of hydrogen-bond acceptors (Lipinski definition) is 2. The zero-order valence-electron chi connectivity index (χ0n) is 13.2. The Morgan fingerprint density at radius 1 is 1.35 bits per heavy atom. The molecule has 1 aromatic rings. The van der Waals surface area contributed by atoms with E-state index in [4.69, 9.17) is 11.6 Å². The highest BCUT2D eigenvalue weighted by atomic mass is 35.5. The maximum atomic E-state index is 6.51. The summed E-state index contributed by atoms with van der Waals surface area (Å²) in [5.41, 5.74) is 2.27. The van der Waals surface area contributed by atoms with Crippen molar-refractivity contribution in [2.75, 3.05) is 13.6 Å². The fourth-order valence-electron chi connectivity index (χ4n) is 3.63. The van der Waals surface area contributed by atoms with Gasteiger partial charge in [0.05, 0.1) is 16.4 Å². The predicted octanol–water partition coefficient (Wildman–Crippen LogP) is 3.45. The van der Waals surface area contributed by atoms with Gasteiger partial charge in [0.15, 0.2) is 0 Å². The van der Waals surface area contributed by atoms with Crippen LogP contribution in [0.5, 0.6) is 0 Å². The Morgan fingerprint density at radius 2 is 2.10 bits per heavy atom. The molecule has 2 rings (SSSR count). The summed E-state index contributed by atoms with van der Waals surface area (Å²) in [6.45, 7) is 5.61. The molecule has 3 nitrogen and oxygen atoms in total. The first-order chi connectivity index (χ1) is 9.56. The fourth-order valence-corrected chi connectivity index (χ4v) is 4.00. The van der Waals surface area contributed by atoms with E-state index in [2.05, 4.69) is 31.3 Å². The van der Waals surface area contributed by atoms with Crippen LogP contribution in [0.2, 0.25) is 5.02 Å². The largest absolute Gasteiger partial charge is 0.319 e. The molecule has 1 aromatic heterocycles. The normalized spacial score (nSPS) is 26.9. The van der Waals surface area contributed by atoms with Crippen LogP contribution >= 0.6 is 11.6 Å². The van der Waals surface area contributed by atoms with Gasteiger partial charge in [-0.05, 0) is 57.0 Å². The molecule has 0 saturated heterocycles. The van der Waals surface area contributed by atoms with Gasteiger partial charge < -0.3 is 5.32 Å². The third-order valence-electron chi connectivity index (χ3n) is 4.83. The Balaban J connectivity index is 2.15. The summed E-state index contributed by atoms with van der Waals surface area (Å²) in [5.74, 6) is 2.34. The van der Waals surface area contributed by atoms with Crippen molar-refractivity contribution >= 4 is 11.6 Å². The number of rotatable bonds is 5. The molecule has 1 N–H and O–H groups in total. The van der Waals surface area contributed by atoms with Gasteiger partial charge in [0.2, 0.25) is 0 Å². The minimum atomic E-state index is 0.726. The lowest BCUT2D eigenvalue weighted by Gasteiger charge is -2.35. The summed E-state index contributed by atoms with van der Waals surface area (Å²) in [6, 6.07) is 0.